The molecule has 0 radical (unpaired) electrons. The molecule has 1 atom stereocenters. The lowest BCUT2D eigenvalue weighted by atomic mass is 10.00. The molecule has 2 aliphatic heterocycles. The van der Waals surface area contributed by atoms with Crippen molar-refractivity contribution in [2.24, 2.45) is 11.8 Å². The molecule has 0 saturated carbocycles. The molecule has 2 aromatic rings. The predicted octanol–water partition coefficient (Wildman–Crippen LogP) is 3.01. The highest BCUT2D eigenvalue weighted by molar-refractivity contribution is 6.03. The molecular formula is C22H27N5O2. The maximum atomic E-state index is 12.7. The predicted molar refractivity (Wildman–Crippen MR) is 113 cm³/mol. The molecule has 1 aromatic heterocycles. The smallest absolute Gasteiger partial charge is 0.229 e. The van der Waals surface area contributed by atoms with E-state index in [0.717, 1.165) is 43.1 Å². The van der Waals surface area contributed by atoms with Gasteiger partial charge in [-0.3, -0.25) is 9.59 Å². The van der Waals surface area contributed by atoms with Crippen molar-refractivity contribution in [1.29, 1.82) is 0 Å². The van der Waals surface area contributed by atoms with Crippen LogP contribution in [0.3, 0.4) is 0 Å². The number of hydrogen-bond donors (Lipinski definition) is 1. The van der Waals surface area contributed by atoms with Crippen LogP contribution < -0.4 is 15.1 Å². The van der Waals surface area contributed by atoms with E-state index < -0.39 is 0 Å². The van der Waals surface area contributed by atoms with Gasteiger partial charge in [-0.15, -0.1) is 0 Å². The van der Waals surface area contributed by atoms with Gasteiger partial charge >= 0.3 is 0 Å². The van der Waals surface area contributed by atoms with Crippen molar-refractivity contribution in [2.45, 2.75) is 33.1 Å². The first-order chi connectivity index (χ1) is 14.0. The van der Waals surface area contributed by atoms with Crippen molar-refractivity contribution in [1.82, 2.24) is 9.97 Å². The molecule has 2 saturated heterocycles. The van der Waals surface area contributed by atoms with Gasteiger partial charge in [-0.25, -0.2) is 9.97 Å². The van der Waals surface area contributed by atoms with Gasteiger partial charge in [-0.1, -0.05) is 24.6 Å². The summed E-state index contributed by atoms with van der Waals surface area (Å²) in [6.07, 6.45) is 5.80. The monoisotopic (exact) mass is 393 g/mol. The van der Waals surface area contributed by atoms with Gasteiger partial charge in [0, 0.05) is 31.7 Å². The number of piperidine rings is 1. The van der Waals surface area contributed by atoms with Crippen molar-refractivity contribution < 1.29 is 9.59 Å². The number of carbonyl (C=O) groups excluding carboxylic acids is 2. The van der Waals surface area contributed by atoms with Crippen LogP contribution in [0, 0.1) is 18.8 Å². The number of rotatable bonds is 4. The molecule has 0 bridgehead atoms. The molecule has 2 fully saturated rings. The Bertz CT molecular complexity index is 873. The molecule has 7 nitrogen and oxygen atoms in total. The zero-order valence-electron chi connectivity index (χ0n) is 17.0. The van der Waals surface area contributed by atoms with Crippen LogP contribution in [0.25, 0.3) is 0 Å². The van der Waals surface area contributed by atoms with Gasteiger partial charge in [0.2, 0.25) is 17.8 Å². The van der Waals surface area contributed by atoms with Gasteiger partial charge in [0.25, 0.3) is 0 Å². The average Bonchev–Trinajstić information content (AvgIpc) is 3.12. The second-order valence-electron chi connectivity index (χ2n) is 8.17. The maximum Gasteiger partial charge on any atom is 0.229 e. The van der Waals surface area contributed by atoms with Gasteiger partial charge in [-0.05, 0) is 37.8 Å². The first-order valence-corrected chi connectivity index (χ1v) is 10.2. The van der Waals surface area contributed by atoms with E-state index in [-0.39, 0.29) is 24.2 Å². The van der Waals surface area contributed by atoms with Gasteiger partial charge in [-0.2, -0.15) is 0 Å². The van der Waals surface area contributed by atoms with Crippen molar-refractivity contribution in [3.8, 4) is 0 Å². The Kier molecular flexibility index (Phi) is 5.47. The number of nitrogens with one attached hydrogen (secondary N) is 1. The third-order valence-electron chi connectivity index (χ3n) is 5.81. The first kappa shape index (κ1) is 19.4. The number of hydrogen-bond acceptors (Lipinski definition) is 5. The second-order valence-corrected chi connectivity index (χ2v) is 8.17. The van der Waals surface area contributed by atoms with Crippen molar-refractivity contribution in [2.75, 3.05) is 34.8 Å². The summed E-state index contributed by atoms with van der Waals surface area (Å²) in [4.78, 5) is 37.7. The number of amides is 2. The standard InChI is InChI=1S/C22H27N5O2/c1-15-3-5-19(6-4-15)27-14-17(11-20(27)28)21(29)25-18-12-23-22(24-13-18)26-9-7-16(2)8-10-26/h3-6,12-13,16-17H,7-11,14H2,1-2H3,(H,25,29). The van der Waals surface area contributed by atoms with Crippen LogP contribution in [0.4, 0.5) is 17.3 Å². The summed E-state index contributed by atoms with van der Waals surface area (Å²) in [6, 6.07) is 7.78. The molecule has 0 spiro atoms. The lowest BCUT2D eigenvalue weighted by molar-refractivity contribution is -0.122. The van der Waals surface area contributed by atoms with Gasteiger partial charge in [0.15, 0.2) is 0 Å². The minimum Gasteiger partial charge on any atom is -0.341 e. The van der Waals surface area contributed by atoms with E-state index in [1.54, 1.807) is 17.3 Å². The minimum atomic E-state index is -0.382. The lowest BCUT2D eigenvalue weighted by Crippen LogP contribution is -2.34. The topological polar surface area (TPSA) is 78.4 Å². The SMILES string of the molecule is Cc1ccc(N2CC(C(=O)Nc3cnc(N4CCC(C)CC4)nc3)CC2=O)cc1. The quantitative estimate of drug-likeness (QED) is 0.864. The second kappa shape index (κ2) is 8.19. The highest BCUT2D eigenvalue weighted by Gasteiger charge is 2.35. The first-order valence-electron chi connectivity index (χ1n) is 10.2. The fourth-order valence-electron chi connectivity index (χ4n) is 3.86. The van der Waals surface area contributed by atoms with E-state index in [1.807, 2.05) is 31.2 Å². The Hall–Kier alpha value is -2.96. The highest BCUT2D eigenvalue weighted by atomic mass is 16.2. The molecule has 1 N–H and O–H groups in total. The largest absolute Gasteiger partial charge is 0.341 e. The fourth-order valence-corrected chi connectivity index (χ4v) is 3.86. The summed E-state index contributed by atoms with van der Waals surface area (Å²) in [6.45, 7) is 6.59. The molecule has 4 rings (SSSR count). The van der Waals surface area contributed by atoms with Crippen LogP contribution in [0.15, 0.2) is 36.7 Å². The van der Waals surface area contributed by atoms with Gasteiger partial charge < -0.3 is 15.1 Å². The lowest BCUT2D eigenvalue weighted by Gasteiger charge is -2.30. The van der Waals surface area contributed by atoms with Crippen molar-refractivity contribution in [3.63, 3.8) is 0 Å². The summed E-state index contributed by atoms with van der Waals surface area (Å²) >= 11 is 0. The minimum absolute atomic E-state index is 0.0278. The molecular weight excluding hydrogens is 366 g/mol. The molecule has 1 unspecified atom stereocenters. The van der Waals surface area contributed by atoms with Gasteiger partial charge in [0.05, 0.1) is 24.0 Å². The average molecular weight is 393 g/mol. The van der Waals surface area contributed by atoms with E-state index in [0.29, 0.717) is 18.2 Å². The van der Waals surface area contributed by atoms with E-state index in [9.17, 15) is 9.59 Å². The summed E-state index contributed by atoms with van der Waals surface area (Å²) < 4.78 is 0. The Morgan fingerprint density at radius 2 is 1.76 bits per heavy atom. The van der Waals surface area contributed by atoms with E-state index in [1.165, 1.54) is 0 Å². The van der Waals surface area contributed by atoms with Crippen LogP contribution in [0.1, 0.15) is 31.7 Å². The van der Waals surface area contributed by atoms with Crippen molar-refractivity contribution in [3.05, 3.63) is 42.2 Å². The van der Waals surface area contributed by atoms with Crippen LogP contribution in [0.2, 0.25) is 0 Å². The highest BCUT2D eigenvalue weighted by Crippen LogP contribution is 2.26. The van der Waals surface area contributed by atoms with Crippen LogP contribution >= 0.6 is 0 Å². The Morgan fingerprint density at radius 1 is 1.10 bits per heavy atom. The molecule has 2 amide bonds. The third kappa shape index (κ3) is 4.39. The van der Waals surface area contributed by atoms with E-state index >= 15 is 0 Å². The van der Waals surface area contributed by atoms with Crippen LogP contribution in [-0.2, 0) is 9.59 Å². The zero-order chi connectivity index (χ0) is 20.4. The molecule has 2 aliphatic rings. The van der Waals surface area contributed by atoms with Crippen molar-refractivity contribution >= 4 is 29.1 Å². The molecule has 29 heavy (non-hydrogen) atoms. The fraction of sp³-hybridized carbons (Fsp3) is 0.455. The summed E-state index contributed by atoms with van der Waals surface area (Å²) in [5, 5.41) is 2.86. The summed E-state index contributed by atoms with van der Waals surface area (Å²) in [5.41, 5.74) is 2.53. The number of nitrogens with zero attached hydrogens (tertiary/aromatic N) is 4. The summed E-state index contributed by atoms with van der Waals surface area (Å²) in [7, 11) is 0. The van der Waals surface area contributed by atoms with Crippen LogP contribution in [-0.4, -0.2) is 41.4 Å². The molecule has 152 valence electrons. The maximum absolute atomic E-state index is 12.7. The number of aromatic nitrogens is 2. The number of benzene rings is 1. The Morgan fingerprint density at radius 3 is 2.41 bits per heavy atom. The normalized spacial score (nSPS) is 20.2. The molecule has 3 heterocycles. The number of anilines is 3. The molecule has 1 aromatic carbocycles. The Balaban J connectivity index is 1.35. The van der Waals surface area contributed by atoms with E-state index in [4.69, 9.17) is 0 Å². The Labute approximate surface area is 171 Å². The number of carbonyl (C=O) groups is 2. The third-order valence-corrected chi connectivity index (χ3v) is 5.81. The van der Waals surface area contributed by atoms with E-state index in [2.05, 4.69) is 27.1 Å². The zero-order valence-corrected chi connectivity index (χ0v) is 17.0. The van der Waals surface area contributed by atoms with Crippen LogP contribution in [0.5, 0.6) is 0 Å². The van der Waals surface area contributed by atoms with Gasteiger partial charge in [0.1, 0.15) is 0 Å². The molecule has 7 heteroatoms. The number of aryl methyl sites for hydroxylation is 1. The summed E-state index contributed by atoms with van der Waals surface area (Å²) in [5.74, 6) is 0.873. The molecule has 0 aliphatic carbocycles.